The zero-order valence-electron chi connectivity index (χ0n) is 31.1. The summed E-state index contributed by atoms with van der Waals surface area (Å²) < 4.78 is 46.6. The highest BCUT2D eigenvalue weighted by Gasteiger charge is 2.24. The fourth-order valence-corrected chi connectivity index (χ4v) is 9.08. The Morgan fingerprint density at radius 3 is 1.94 bits per heavy atom. The van der Waals surface area contributed by atoms with Crippen LogP contribution in [0.25, 0.3) is 88.0 Å². The van der Waals surface area contributed by atoms with Gasteiger partial charge in [-0.3, -0.25) is 0 Å². The molecule has 0 aliphatic carbocycles. The Labute approximate surface area is 294 Å². The van der Waals surface area contributed by atoms with Crippen molar-refractivity contribution in [2.45, 2.75) is 9.79 Å². The Bertz CT molecular complexity index is 3230. The summed E-state index contributed by atoms with van der Waals surface area (Å²) in [5, 5.41) is 6.92. The van der Waals surface area contributed by atoms with E-state index in [9.17, 15) is 0 Å². The van der Waals surface area contributed by atoms with Crippen LogP contribution >= 0.6 is 11.8 Å². The van der Waals surface area contributed by atoms with Gasteiger partial charge in [-0.15, -0.1) is 0 Å². The van der Waals surface area contributed by atoms with E-state index in [-0.39, 0.29) is 29.9 Å². The van der Waals surface area contributed by atoms with E-state index < -0.39 is 6.04 Å². The van der Waals surface area contributed by atoms with Gasteiger partial charge in [0.2, 0.25) is 0 Å². The minimum atomic E-state index is -0.399. The summed E-state index contributed by atoms with van der Waals surface area (Å²) in [6.07, 6.45) is 0. The van der Waals surface area contributed by atoms with E-state index in [0.29, 0.717) is 0 Å². The maximum absolute atomic E-state index is 8.75. The molecule has 0 atom stereocenters. The first-order valence-corrected chi connectivity index (χ1v) is 17.2. The largest absolute Gasteiger partial charge is 0.309 e. The predicted octanol–water partition coefficient (Wildman–Crippen LogP) is 12.8. The van der Waals surface area contributed by atoms with Gasteiger partial charge in [-0.25, -0.2) is 0 Å². The maximum Gasteiger partial charge on any atom is 0.0645 e. The second-order valence-electron chi connectivity index (χ2n) is 12.6. The van der Waals surface area contributed by atoms with E-state index in [4.69, 9.17) is 6.85 Å². The fourth-order valence-electron chi connectivity index (χ4n) is 7.94. The molecule has 0 amide bonds. The lowest BCUT2D eigenvalue weighted by atomic mass is 9.92. The lowest BCUT2D eigenvalue weighted by Gasteiger charge is -2.22. The van der Waals surface area contributed by atoms with Gasteiger partial charge in [0.05, 0.1) is 28.9 Å². The van der Waals surface area contributed by atoms with E-state index >= 15 is 0 Å². The molecule has 0 saturated carbocycles. The Morgan fingerprint density at radius 1 is 0.408 bits per heavy atom. The van der Waals surface area contributed by atoms with E-state index in [1.807, 2.05) is 46.7 Å². The van der Waals surface area contributed by atoms with E-state index in [1.54, 1.807) is 0 Å². The molecule has 11 rings (SSSR count). The number of fused-ring (bicyclic) bond motifs is 9. The van der Waals surface area contributed by atoms with Crippen LogP contribution in [0.15, 0.2) is 180 Å². The van der Waals surface area contributed by atoms with Crippen molar-refractivity contribution in [2.75, 3.05) is 0 Å². The lowest BCUT2D eigenvalue weighted by molar-refractivity contribution is 1.18. The number of benzene rings is 8. The van der Waals surface area contributed by atoms with Crippen LogP contribution in [0.4, 0.5) is 0 Å². The molecule has 2 nitrogen and oxygen atoms in total. The van der Waals surface area contributed by atoms with Crippen LogP contribution in [0, 0.1) is 0 Å². The molecule has 0 saturated heterocycles. The number of para-hydroxylation sites is 4. The number of nitrogens with zero attached hydrogens (tertiary/aromatic N) is 2. The van der Waals surface area contributed by atoms with E-state index in [0.717, 1.165) is 38.6 Å². The molecular weight excluding hydrogens is 613 g/mol. The van der Waals surface area contributed by atoms with Gasteiger partial charge in [0.1, 0.15) is 0 Å². The zero-order chi connectivity index (χ0) is 36.4. The van der Waals surface area contributed by atoms with Crippen LogP contribution in [-0.2, 0) is 0 Å². The molecule has 0 bridgehead atoms. The number of aromatic nitrogens is 2. The van der Waals surface area contributed by atoms with Crippen molar-refractivity contribution in [3.05, 3.63) is 170 Å². The Hall–Kier alpha value is -6.03. The first-order chi connectivity index (χ1) is 26.4. The third-order valence-electron chi connectivity index (χ3n) is 9.98. The van der Waals surface area contributed by atoms with Gasteiger partial charge < -0.3 is 9.13 Å². The third-order valence-corrected chi connectivity index (χ3v) is 11.1. The lowest BCUT2D eigenvalue weighted by Crippen LogP contribution is -1.96. The number of hydrogen-bond donors (Lipinski definition) is 0. The highest BCUT2D eigenvalue weighted by Crippen LogP contribution is 2.52. The molecule has 1 aliphatic rings. The van der Waals surface area contributed by atoms with Gasteiger partial charge in [0.15, 0.2) is 0 Å². The van der Waals surface area contributed by atoms with Gasteiger partial charge in [0.25, 0.3) is 0 Å². The molecule has 10 aromatic rings. The summed E-state index contributed by atoms with van der Waals surface area (Å²) in [6, 6.07) is 47.6. The fraction of sp³-hybridized carbons (Fsp3) is 0. The molecule has 0 spiro atoms. The molecule has 3 heteroatoms. The second-order valence-corrected chi connectivity index (χ2v) is 13.6. The van der Waals surface area contributed by atoms with Gasteiger partial charge in [-0.1, -0.05) is 115 Å². The van der Waals surface area contributed by atoms with Crippen molar-refractivity contribution in [3.63, 3.8) is 0 Å². The summed E-state index contributed by atoms with van der Waals surface area (Å²) >= 11 is 1.82. The molecule has 2 aromatic heterocycles. The molecular formula is C46H28N2S. The quantitative estimate of drug-likeness (QED) is 0.186. The van der Waals surface area contributed by atoms with Crippen LogP contribution in [0.3, 0.4) is 0 Å². The van der Waals surface area contributed by atoms with Gasteiger partial charge in [0, 0.05) is 48.1 Å². The van der Waals surface area contributed by atoms with Crippen molar-refractivity contribution in [2.24, 2.45) is 0 Å². The average molecular weight is 646 g/mol. The Kier molecular flexibility index (Phi) is 4.70. The zero-order valence-corrected chi connectivity index (χ0v) is 26.9. The van der Waals surface area contributed by atoms with Crippen LogP contribution in [0.5, 0.6) is 0 Å². The third kappa shape index (κ3) is 3.85. The molecule has 0 N–H and O–H groups in total. The SMILES string of the molecule is [2H]c1c([2H])c([2H])c(-n2c3ccccc3c3cc(-c4ccc5c(c4)-c4cccc6c4c(cc4c6c6ccccc6n4-c4ccccc4)S5)ccc32)c([2H])c1[2H]. The van der Waals surface area contributed by atoms with Crippen LogP contribution in [-0.4, -0.2) is 9.13 Å². The number of hydrogen-bond acceptors (Lipinski definition) is 1. The summed E-state index contributed by atoms with van der Waals surface area (Å²) in [5.74, 6) is 0. The standard InChI is InChI=1S/C46H28N2S/c1-3-12-31(13-4-1)47-39-20-9-7-16-33(39)37-26-29(22-24-41(37)47)30-23-25-43-38(27-30)34-18-11-19-36-45-35-17-8-10-21-40(35)48(32-14-5-2-6-15-32)42(45)28-44(49-43)46(34)36/h1-28H/i1D,3D,4D,12D,13D. The Morgan fingerprint density at radius 2 is 1.08 bits per heavy atom. The highest BCUT2D eigenvalue weighted by atomic mass is 32.2. The van der Waals surface area contributed by atoms with Crippen molar-refractivity contribution in [1.82, 2.24) is 9.13 Å². The highest BCUT2D eigenvalue weighted by molar-refractivity contribution is 7.99. The molecule has 0 radical (unpaired) electrons. The average Bonchev–Trinajstić information content (AvgIpc) is 3.72. The summed E-state index contributed by atoms with van der Waals surface area (Å²) in [5.41, 5.74) is 9.79. The molecule has 1 aliphatic heterocycles. The molecule has 0 unspecified atom stereocenters. The maximum atomic E-state index is 8.75. The minimum Gasteiger partial charge on any atom is -0.309 e. The summed E-state index contributed by atoms with van der Waals surface area (Å²) in [6.45, 7) is 0. The molecule has 8 aromatic carbocycles. The topological polar surface area (TPSA) is 9.86 Å². The van der Waals surface area contributed by atoms with E-state index in [2.05, 4.69) is 114 Å². The Balaban J connectivity index is 1.11. The second kappa shape index (κ2) is 10.2. The van der Waals surface area contributed by atoms with E-state index in [1.165, 1.54) is 53.5 Å². The first-order valence-electron chi connectivity index (χ1n) is 18.9. The molecule has 3 heterocycles. The molecule has 228 valence electrons. The number of rotatable bonds is 3. The van der Waals surface area contributed by atoms with Crippen LogP contribution in [0.2, 0.25) is 0 Å². The summed E-state index contributed by atoms with van der Waals surface area (Å²) in [7, 11) is 0. The van der Waals surface area contributed by atoms with Crippen LogP contribution in [0.1, 0.15) is 6.85 Å². The van der Waals surface area contributed by atoms with Crippen molar-refractivity contribution in [3.8, 4) is 33.6 Å². The normalized spacial score (nSPS) is 13.8. The van der Waals surface area contributed by atoms with Gasteiger partial charge in [-0.2, -0.15) is 0 Å². The molecule has 49 heavy (non-hydrogen) atoms. The van der Waals surface area contributed by atoms with Gasteiger partial charge >= 0.3 is 0 Å². The summed E-state index contributed by atoms with van der Waals surface area (Å²) in [4.78, 5) is 2.45. The van der Waals surface area contributed by atoms with Crippen LogP contribution < -0.4 is 0 Å². The monoisotopic (exact) mass is 645 g/mol. The van der Waals surface area contributed by atoms with Gasteiger partial charge in [-0.05, 0) is 94.3 Å². The smallest absolute Gasteiger partial charge is 0.0645 e. The van der Waals surface area contributed by atoms with Crippen molar-refractivity contribution in [1.29, 1.82) is 0 Å². The first kappa shape index (κ1) is 22.5. The van der Waals surface area contributed by atoms with Crippen molar-refractivity contribution >= 4 is 66.1 Å². The van der Waals surface area contributed by atoms with Crippen molar-refractivity contribution < 1.29 is 6.85 Å². The molecule has 0 fully saturated rings. The predicted molar refractivity (Wildman–Crippen MR) is 208 cm³/mol. The minimum absolute atomic E-state index is 0.151.